The maximum atomic E-state index is 10.9. The molecule has 0 bridgehead atoms. The molecular formula is C13H13N5O2S. The minimum absolute atomic E-state index is 0.0940. The Morgan fingerprint density at radius 2 is 1.90 bits per heavy atom. The predicted molar refractivity (Wildman–Crippen MR) is 77.0 cm³/mol. The molecule has 1 aliphatic rings. The van der Waals surface area contributed by atoms with Crippen LogP contribution in [0.4, 0.5) is 10.6 Å². The predicted octanol–water partition coefficient (Wildman–Crippen LogP) is 1.93. The minimum atomic E-state index is -0.959. The van der Waals surface area contributed by atoms with Gasteiger partial charge in [-0.3, -0.25) is 0 Å². The van der Waals surface area contributed by atoms with Crippen LogP contribution in [-0.4, -0.2) is 34.2 Å². The van der Waals surface area contributed by atoms with Gasteiger partial charge in [-0.05, 0) is 24.3 Å². The maximum Gasteiger partial charge on any atom is 0.407 e. The molecule has 1 aliphatic heterocycles. The molecule has 0 aromatic carbocycles. The molecule has 0 unspecified atom stereocenters. The molecule has 1 aromatic rings. The van der Waals surface area contributed by atoms with E-state index < -0.39 is 6.09 Å². The summed E-state index contributed by atoms with van der Waals surface area (Å²) in [6, 6.07) is 4.04. The van der Waals surface area contributed by atoms with Crippen molar-refractivity contribution in [3.63, 3.8) is 0 Å². The highest BCUT2D eigenvalue weighted by atomic mass is 32.1. The van der Waals surface area contributed by atoms with Gasteiger partial charge >= 0.3 is 6.09 Å². The summed E-state index contributed by atoms with van der Waals surface area (Å²) in [7, 11) is 0. The zero-order chi connectivity index (χ0) is 15.6. The van der Waals surface area contributed by atoms with Crippen molar-refractivity contribution < 1.29 is 9.90 Å². The molecule has 8 heteroatoms. The van der Waals surface area contributed by atoms with E-state index in [1.54, 1.807) is 0 Å². The lowest BCUT2D eigenvalue weighted by Gasteiger charge is -2.31. The van der Waals surface area contributed by atoms with Gasteiger partial charge in [0, 0.05) is 13.1 Å². The van der Waals surface area contributed by atoms with Gasteiger partial charge in [0.05, 0.1) is 11.1 Å². The third-order valence-electron chi connectivity index (χ3n) is 3.68. The Hall–Kier alpha value is -2.58. The Kier molecular flexibility index (Phi) is 4.10. The average Bonchev–Trinajstić information content (AvgIpc) is 2.46. The van der Waals surface area contributed by atoms with Gasteiger partial charge < -0.3 is 20.7 Å². The maximum absolute atomic E-state index is 10.9. The molecule has 0 spiro atoms. The number of piperidine rings is 1. The number of carboxylic acid groups (broad SMARTS) is 1. The van der Waals surface area contributed by atoms with E-state index in [0.29, 0.717) is 31.5 Å². The molecule has 1 amide bonds. The Morgan fingerprint density at radius 3 is 2.38 bits per heavy atom. The molecule has 0 radical (unpaired) electrons. The number of nitriles is 2. The first-order chi connectivity index (χ1) is 9.99. The standard InChI is InChI=1S/C13H13N5O2S/c14-5-8-10(9(6-15)12(21)17-11(8)16)7-1-3-18(4-2-7)13(19)20/h7H,1-4H2,(H,19,20)(H3,16,17,21). The first-order valence-corrected chi connectivity index (χ1v) is 6.74. The summed E-state index contributed by atoms with van der Waals surface area (Å²) in [5.41, 5.74) is 6.81. The normalized spacial score (nSPS) is 15.2. The van der Waals surface area contributed by atoms with Gasteiger partial charge in [0.15, 0.2) is 0 Å². The molecule has 7 nitrogen and oxygen atoms in total. The number of nitrogens with one attached hydrogen (secondary N) is 1. The molecule has 1 saturated heterocycles. The number of hydrogen-bond donors (Lipinski definition) is 3. The average molecular weight is 303 g/mol. The van der Waals surface area contributed by atoms with Crippen LogP contribution in [0.2, 0.25) is 0 Å². The SMILES string of the molecule is N#Cc1c(N)[nH]c(=S)c(C#N)c1C1CCN(C(=O)O)CC1. The van der Waals surface area contributed by atoms with Crippen LogP contribution in [0, 0.1) is 27.3 Å². The monoisotopic (exact) mass is 303 g/mol. The number of anilines is 1. The Balaban J connectivity index is 2.46. The molecule has 2 rings (SSSR count). The van der Waals surface area contributed by atoms with Gasteiger partial charge in [-0.2, -0.15) is 10.5 Å². The van der Waals surface area contributed by atoms with Crippen LogP contribution in [0.15, 0.2) is 0 Å². The number of nitrogens with zero attached hydrogens (tertiary/aromatic N) is 3. The first-order valence-electron chi connectivity index (χ1n) is 6.33. The molecule has 1 fully saturated rings. The summed E-state index contributed by atoms with van der Waals surface area (Å²) in [6.45, 7) is 0.724. The van der Waals surface area contributed by atoms with Gasteiger partial charge in [-0.25, -0.2) is 4.79 Å². The summed E-state index contributed by atoms with van der Waals surface area (Å²) in [4.78, 5) is 14.9. The number of nitrogen functional groups attached to an aromatic ring is 1. The number of aromatic nitrogens is 1. The van der Waals surface area contributed by atoms with Crippen molar-refractivity contribution in [1.29, 1.82) is 10.5 Å². The molecule has 4 N–H and O–H groups in total. The van der Waals surface area contributed by atoms with Crippen molar-refractivity contribution in [2.45, 2.75) is 18.8 Å². The van der Waals surface area contributed by atoms with Crippen molar-refractivity contribution in [2.24, 2.45) is 0 Å². The van der Waals surface area contributed by atoms with Crippen LogP contribution in [0.3, 0.4) is 0 Å². The highest BCUT2D eigenvalue weighted by Gasteiger charge is 2.28. The van der Waals surface area contributed by atoms with Crippen molar-refractivity contribution >= 4 is 24.1 Å². The fourth-order valence-corrected chi connectivity index (χ4v) is 2.90. The van der Waals surface area contributed by atoms with E-state index >= 15 is 0 Å². The Morgan fingerprint density at radius 1 is 1.33 bits per heavy atom. The number of aromatic amines is 1. The lowest BCUT2D eigenvalue weighted by molar-refractivity contribution is 0.132. The molecular weight excluding hydrogens is 290 g/mol. The molecule has 21 heavy (non-hydrogen) atoms. The topological polar surface area (TPSA) is 130 Å². The van der Waals surface area contributed by atoms with E-state index in [1.165, 1.54) is 4.90 Å². The molecule has 1 aromatic heterocycles. The van der Waals surface area contributed by atoms with Gasteiger partial charge in [0.2, 0.25) is 0 Å². The highest BCUT2D eigenvalue weighted by Crippen LogP contribution is 2.34. The first kappa shape index (κ1) is 14.8. The second kappa shape index (κ2) is 5.81. The Bertz CT molecular complexity index is 720. The van der Waals surface area contributed by atoms with Gasteiger partial charge in [-0.15, -0.1) is 0 Å². The Labute approximate surface area is 126 Å². The molecule has 108 valence electrons. The van der Waals surface area contributed by atoms with Crippen LogP contribution in [0.25, 0.3) is 0 Å². The number of hydrogen-bond acceptors (Lipinski definition) is 5. The lowest BCUT2D eigenvalue weighted by Crippen LogP contribution is -2.37. The smallest absolute Gasteiger partial charge is 0.407 e. The van der Waals surface area contributed by atoms with Crippen molar-refractivity contribution in [2.75, 3.05) is 18.8 Å². The number of nitrogens with two attached hydrogens (primary N) is 1. The number of H-pyrrole nitrogens is 1. The second-order valence-electron chi connectivity index (χ2n) is 4.80. The van der Waals surface area contributed by atoms with E-state index in [1.807, 2.05) is 12.1 Å². The van der Waals surface area contributed by atoms with Crippen LogP contribution in [0.5, 0.6) is 0 Å². The van der Waals surface area contributed by atoms with E-state index in [9.17, 15) is 15.3 Å². The van der Waals surface area contributed by atoms with Crippen LogP contribution in [-0.2, 0) is 0 Å². The van der Waals surface area contributed by atoms with Crippen molar-refractivity contribution in [1.82, 2.24) is 9.88 Å². The van der Waals surface area contributed by atoms with E-state index in [4.69, 9.17) is 23.1 Å². The third kappa shape index (κ3) is 2.67. The minimum Gasteiger partial charge on any atom is -0.465 e. The number of likely N-dealkylation sites (tertiary alicyclic amines) is 1. The summed E-state index contributed by atoms with van der Waals surface area (Å²) in [5.74, 6) is 0.0562. The van der Waals surface area contributed by atoms with E-state index in [-0.39, 0.29) is 27.5 Å². The third-order valence-corrected chi connectivity index (χ3v) is 3.99. The van der Waals surface area contributed by atoms with Crippen molar-refractivity contribution in [3.05, 3.63) is 21.3 Å². The van der Waals surface area contributed by atoms with E-state index in [0.717, 1.165) is 0 Å². The second-order valence-corrected chi connectivity index (χ2v) is 5.21. The number of amides is 1. The van der Waals surface area contributed by atoms with Crippen LogP contribution in [0.1, 0.15) is 35.4 Å². The number of carbonyl (C=O) groups is 1. The van der Waals surface area contributed by atoms with Crippen LogP contribution < -0.4 is 5.73 Å². The zero-order valence-corrected chi connectivity index (χ0v) is 11.9. The largest absolute Gasteiger partial charge is 0.465 e. The number of rotatable bonds is 1. The lowest BCUT2D eigenvalue weighted by atomic mass is 9.84. The molecule has 0 aliphatic carbocycles. The van der Waals surface area contributed by atoms with Crippen LogP contribution >= 0.6 is 12.2 Å². The zero-order valence-electron chi connectivity index (χ0n) is 11.1. The summed E-state index contributed by atoms with van der Waals surface area (Å²) in [5, 5.41) is 27.5. The van der Waals surface area contributed by atoms with Gasteiger partial charge in [0.25, 0.3) is 0 Å². The van der Waals surface area contributed by atoms with Crippen molar-refractivity contribution in [3.8, 4) is 12.1 Å². The summed E-state index contributed by atoms with van der Waals surface area (Å²) < 4.78 is 0.213. The molecule has 0 atom stereocenters. The fourth-order valence-electron chi connectivity index (χ4n) is 2.64. The van der Waals surface area contributed by atoms with E-state index in [2.05, 4.69) is 4.98 Å². The van der Waals surface area contributed by atoms with Gasteiger partial charge in [0.1, 0.15) is 22.6 Å². The van der Waals surface area contributed by atoms with Gasteiger partial charge in [-0.1, -0.05) is 12.2 Å². The quantitative estimate of drug-likeness (QED) is 0.679. The summed E-state index contributed by atoms with van der Waals surface area (Å²) >= 11 is 5.10. The molecule has 2 heterocycles. The number of pyridine rings is 1. The summed E-state index contributed by atoms with van der Waals surface area (Å²) in [6.07, 6.45) is 0.112. The fraction of sp³-hybridized carbons (Fsp3) is 0.385. The highest BCUT2D eigenvalue weighted by molar-refractivity contribution is 7.71. The molecule has 0 saturated carbocycles.